The van der Waals surface area contributed by atoms with Crippen LogP contribution >= 0.6 is 11.6 Å². The summed E-state index contributed by atoms with van der Waals surface area (Å²) in [6, 6.07) is 7.11. The van der Waals surface area contributed by atoms with Crippen molar-refractivity contribution in [2.45, 2.75) is 31.8 Å². The number of fused-ring (bicyclic) bond motifs is 2. The number of nitrogens with zero attached hydrogens (tertiary/aromatic N) is 2. The molecular formula is C18H19ClN2O3. The Morgan fingerprint density at radius 3 is 2.96 bits per heavy atom. The monoisotopic (exact) mass is 346 g/mol. The van der Waals surface area contributed by atoms with Gasteiger partial charge in [-0.15, -0.1) is 0 Å². The van der Waals surface area contributed by atoms with Crippen molar-refractivity contribution in [1.29, 1.82) is 0 Å². The Labute approximate surface area is 144 Å². The van der Waals surface area contributed by atoms with E-state index in [0.29, 0.717) is 28.6 Å². The maximum absolute atomic E-state index is 13.0. The maximum Gasteiger partial charge on any atom is 0.349 e. The molecule has 126 valence electrons. The van der Waals surface area contributed by atoms with Crippen molar-refractivity contribution < 1.29 is 9.21 Å². The third-order valence-electron chi connectivity index (χ3n) is 5.12. The molecule has 5 nitrogen and oxygen atoms in total. The van der Waals surface area contributed by atoms with Crippen LogP contribution in [0.25, 0.3) is 11.0 Å². The molecule has 2 saturated heterocycles. The van der Waals surface area contributed by atoms with Crippen LogP contribution in [0.2, 0.25) is 5.02 Å². The van der Waals surface area contributed by atoms with Crippen molar-refractivity contribution in [2.75, 3.05) is 19.6 Å². The second-order valence-corrected chi connectivity index (χ2v) is 7.16. The highest BCUT2D eigenvalue weighted by atomic mass is 35.5. The molecule has 0 aliphatic carbocycles. The predicted octanol–water partition coefficient (Wildman–Crippen LogP) is 2.76. The lowest BCUT2D eigenvalue weighted by Crippen LogP contribution is -2.57. The molecule has 0 spiro atoms. The summed E-state index contributed by atoms with van der Waals surface area (Å²) >= 11 is 6.00. The highest BCUT2D eigenvalue weighted by Crippen LogP contribution is 2.26. The fraction of sp³-hybridized carbons (Fsp3) is 0.444. The Morgan fingerprint density at radius 1 is 1.29 bits per heavy atom. The van der Waals surface area contributed by atoms with Crippen molar-refractivity contribution >= 4 is 28.5 Å². The number of carbonyl (C=O) groups excluding carboxylic acids is 1. The van der Waals surface area contributed by atoms with Crippen LogP contribution < -0.4 is 5.63 Å². The van der Waals surface area contributed by atoms with Gasteiger partial charge in [0, 0.05) is 35.6 Å². The molecule has 0 N–H and O–H groups in total. The average molecular weight is 347 g/mol. The smallest absolute Gasteiger partial charge is 0.349 e. The second-order valence-electron chi connectivity index (χ2n) is 6.73. The predicted molar refractivity (Wildman–Crippen MR) is 92.6 cm³/mol. The molecule has 24 heavy (non-hydrogen) atoms. The third kappa shape index (κ3) is 2.62. The van der Waals surface area contributed by atoms with Gasteiger partial charge in [0.25, 0.3) is 5.91 Å². The van der Waals surface area contributed by atoms with Crippen molar-refractivity contribution in [3.63, 3.8) is 0 Å². The van der Waals surface area contributed by atoms with Gasteiger partial charge in [-0.25, -0.2) is 4.79 Å². The van der Waals surface area contributed by atoms with E-state index < -0.39 is 5.63 Å². The van der Waals surface area contributed by atoms with Gasteiger partial charge in [0.1, 0.15) is 11.1 Å². The number of halogens is 1. The average Bonchev–Trinajstić information content (AvgIpc) is 3.00. The van der Waals surface area contributed by atoms with Gasteiger partial charge in [-0.1, -0.05) is 11.6 Å². The fourth-order valence-electron chi connectivity index (χ4n) is 3.87. The number of carbonyl (C=O) groups is 1. The number of rotatable bonds is 1. The van der Waals surface area contributed by atoms with Gasteiger partial charge >= 0.3 is 5.63 Å². The van der Waals surface area contributed by atoms with E-state index in [4.69, 9.17) is 16.0 Å². The molecule has 2 fully saturated rings. The molecule has 2 aliphatic heterocycles. The van der Waals surface area contributed by atoms with Crippen LogP contribution in [0.4, 0.5) is 0 Å². The van der Waals surface area contributed by atoms with E-state index in [1.807, 2.05) is 11.8 Å². The highest BCUT2D eigenvalue weighted by molar-refractivity contribution is 6.31. The molecular weight excluding hydrogens is 328 g/mol. The Bertz CT molecular complexity index is 863. The Morgan fingerprint density at radius 2 is 2.12 bits per heavy atom. The minimum atomic E-state index is -0.587. The summed E-state index contributed by atoms with van der Waals surface area (Å²) in [5.74, 6) is -0.246. The maximum atomic E-state index is 13.0. The van der Waals surface area contributed by atoms with E-state index >= 15 is 0 Å². The summed E-state index contributed by atoms with van der Waals surface area (Å²) in [5, 5.41) is 1.21. The zero-order valence-electron chi connectivity index (χ0n) is 13.5. The number of hydrogen-bond acceptors (Lipinski definition) is 4. The van der Waals surface area contributed by atoms with Gasteiger partial charge in [0.05, 0.1) is 0 Å². The topological polar surface area (TPSA) is 53.8 Å². The first kappa shape index (κ1) is 15.7. The Hall–Kier alpha value is -1.85. The molecule has 2 aliphatic rings. The fourth-order valence-corrected chi connectivity index (χ4v) is 4.05. The summed E-state index contributed by atoms with van der Waals surface area (Å²) in [5.41, 5.74) is -0.0615. The van der Waals surface area contributed by atoms with Crippen LogP contribution in [0.3, 0.4) is 0 Å². The van der Waals surface area contributed by atoms with Gasteiger partial charge in [-0.2, -0.15) is 0 Å². The number of piperazine rings is 1. The first-order chi connectivity index (χ1) is 11.5. The normalized spacial score (nSPS) is 24.3. The zero-order chi connectivity index (χ0) is 16.8. The summed E-state index contributed by atoms with van der Waals surface area (Å²) < 4.78 is 5.31. The largest absolute Gasteiger partial charge is 0.422 e. The van der Waals surface area contributed by atoms with Crippen molar-refractivity contribution in [1.82, 2.24) is 9.80 Å². The van der Waals surface area contributed by atoms with E-state index in [0.717, 1.165) is 19.5 Å². The van der Waals surface area contributed by atoms with Crippen molar-refractivity contribution in [3.05, 3.63) is 45.3 Å². The van der Waals surface area contributed by atoms with Crippen LogP contribution in [0.5, 0.6) is 0 Å². The molecule has 1 amide bonds. The van der Waals surface area contributed by atoms with E-state index in [-0.39, 0.29) is 17.5 Å². The minimum absolute atomic E-state index is 0.0845. The van der Waals surface area contributed by atoms with Crippen LogP contribution in [0.15, 0.2) is 33.5 Å². The van der Waals surface area contributed by atoms with E-state index in [1.165, 1.54) is 6.42 Å². The zero-order valence-corrected chi connectivity index (χ0v) is 14.3. The second kappa shape index (κ2) is 5.90. The lowest BCUT2D eigenvalue weighted by molar-refractivity contribution is 0.0392. The molecule has 3 heterocycles. The lowest BCUT2D eigenvalue weighted by atomic mass is 10.1. The summed E-state index contributed by atoms with van der Waals surface area (Å²) in [4.78, 5) is 29.5. The number of hydrogen-bond donors (Lipinski definition) is 0. The molecule has 4 rings (SSSR count). The number of benzene rings is 1. The molecule has 1 aromatic carbocycles. The molecule has 6 heteroatoms. The molecule has 2 atom stereocenters. The highest BCUT2D eigenvalue weighted by Gasteiger charge is 2.37. The van der Waals surface area contributed by atoms with Gasteiger partial charge in [0.2, 0.25) is 0 Å². The van der Waals surface area contributed by atoms with Gasteiger partial charge < -0.3 is 9.32 Å². The third-order valence-corrected chi connectivity index (χ3v) is 5.36. The van der Waals surface area contributed by atoms with E-state index in [2.05, 4.69) is 4.90 Å². The first-order valence-corrected chi connectivity index (χ1v) is 8.69. The summed E-state index contributed by atoms with van der Waals surface area (Å²) in [6.07, 6.45) is 2.29. The van der Waals surface area contributed by atoms with E-state index in [9.17, 15) is 9.59 Å². The van der Waals surface area contributed by atoms with Crippen LogP contribution in [0, 0.1) is 0 Å². The molecule has 0 saturated carbocycles. The van der Waals surface area contributed by atoms with Crippen LogP contribution in [-0.2, 0) is 0 Å². The van der Waals surface area contributed by atoms with E-state index in [1.54, 1.807) is 24.3 Å². The summed E-state index contributed by atoms with van der Waals surface area (Å²) in [6.45, 7) is 4.67. The van der Waals surface area contributed by atoms with Gasteiger partial charge in [-0.05, 0) is 50.6 Å². The van der Waals surface area contributed by atoms with Gasteiger partial charge in [0.15, 0.2) is 0 Å². The SMILES string of the molecule is C[C@@H]1CN2CCC[C@H]2CN1C(=O)c1cc2cc(Cl)ccc2oc1=O. The molecule has 0 unspecified atom stereocenters. The minimum Gasteiger partial charge on any atom is -0.422 e. The first-order valence-electron chi connectivity index (χ1n) is 8.31. The molecule has 0 radical (unpaired) electrons. The van der Waals surface area contributed by atoms with Crippen molar-refractivity contribution in [3.8, 4) is 0 Å². The van der Waals surface area contributed by atoms with Gasteiger partial charge in [-0.3, -0.25) is 9.69 Å². The number of amides is 1. The van der Waals surface area contributed by atoms with Crippen molar-refractivity contribution in [2.24, 2.45) is 0 Å². The standard InChI is InChI=1S/C18H19ClN2O3/c1-11-9-20-6-2-3-14(20)10-21(11)17(22)15-8-12-7-13(19)4-5-16(12)24-18(15)23/h4-5,7-8,11,14H,2-3,6,9-10H2,1H3/t11-,14+/m1/s1. The molecule has 1 aromatic heterocycles. The molecule has 0 bridgehead atoms. The molecule has 2 aromatic rings. The van der Waals surface area contributed by atoms with Crippen LogP contribution in [0.1, 0.15) is 30.1 Å². The van der Waals surface area contributed by atoms with Crippen LogP contribution in [-0.4, -0.2) is 47.4 Å². The lowest BCUT2D eigenvalue weighted by Gasteiger charge is -2.42. The summed E-state index contributed by atoms with van der Waals surface area (Å²) in [7, 11) is 0. The Balaban J connectivity index is 1.69. The quantitative estimate of drug-likeness (QED) is 0.745. The Kier molecular flexibility index (Phi) is 3.85.